The lowest BCUT2D eigenvalue weighted by Crippen LogP contribution is -2.39. The van der Waals surface area contributed by atoms with Crippen molar-refractivity contribution in [2.45, 2.75) is 18.9 Å². The molecule has 2 atom stereocenters. The molecule has 158 valence electrons. The van der Waals surface area contributed by atoms with E-state index in [0.29, 0.717) is 30.7 Å². The van der Waals surface area contributed by atoms with Crippen LogP contribution < -0.4 is 10.5 Å². The first kappa shape index (κ1) is 20.5. The smallest absolute Gasteiger partial charge is 0.292 e. The zero-order valence-electron chi connectivity index (χ0n) is 16.2. The first-order valence-corrected chi connectivity index (χ1v) is 9.88. The van der Waals surface area contributed by atoms with Crippen LogP contribution in [0.1, 0.15) is 24.8 Å². The van der Waals surface area contributed by atoms with Gasteiger partial charge in [-0.15, -0.1) is 0 Å². The predicted molar refractivity (Wildman–Crippen MR) is 108 cm³/mol. The van der Waals surface area contributed by atoms with Gasteiger partial charge in [-0.05, 0) is 25.0 Å². The van der Waals surface area contributed by atoms with Gasteiger partial charge in [0.05, 0.1) is 11.9 Å². The maximum atomic E-state index is 14.1. The second-order valence-electron chi connectivity index (χ2n) is 7.35. The van der Waals surface area contributed by atoms with Gasteiger partial charge in [0.25, 0.3) is 5.56 Å². The normalized spacial score (nSPS) is 17.9. The molecule has 0 aliphatic carbocycles. The molecular formula is C20H20ClF2N5O2. The van der Waals surface area contributed by atoms with Crippen molar-refractivity contribution in [2.24, 2.45) is 13.0 Å². The molecule has 2 unspecified atom stereocenters. The minimum Gasteiger partial charge on any atom is -0.385 e. The fraction of sp³-hybridized carbons (Fsp3) is 0.350. The molecule has 2 aromatic heterocycles. The van der Waals surface area contributed by atoms with Crippen molar-refractivity contribution in [1.82, 2.24) is 19.3 Å². The van der Waals surface area contributed by atoms with E-state index in [1.807, 2.05) is 11.9 Å². The van der Waals surface area contributed by atoms with E-state index in [2.05, 4.69) is 10.1 Å². The highest BCUT2D eigenvalue weighted by molar-refractivity contribution is 6.33. The molecule has 3 heterocycles. The molecule has 3 aromatic rings. The van der Waals surface area contributed by atoms with Crippen molar-refractivity contribution >= 4 is 17.3 Å². The van der Waals surface area contributed by atoms with E-state index < -0.39 is 23.3 Å². The van der Waals surface area contributed by atoms with Crippen molar-refractivity contribution < 1.29 is 13.9 Å². The third-order valence-electron chi connectivity index (χ3n) is 5.41. The van der Waals surface area contributed by atoms with Crippen LogP contribution in [-0.2, 0) is 7.05 Å². The van der Waals surface area contributed by atoms with Crippen LogP contribution in [0.5, 0.6) is 0 Å². The second kappa shape index (κ2) is 8.16. The number of aryl methyl sites for hydroxylation is 1. The van der Waals surface area contributed by atoms with Crippen LogP contribution >= 0.6 is 11.6 Å². The predicted octanol–water partition coefficient (Wildman–Crippen LogP) is 2.85. The third-order valence-corrected chi connectivity index (χ3v) is 5.76. The number of benzene rings is 1. The zero-order valence-corrected chi connectivity index (χ0v) is 16.9. The Kier molecular flexibility index (Phi) is 5.57. The van der Waals surface area contributed by atoms with E-state index in [9.17, 15) is 18.7 Å². The average molecular weight is 436 g/mol. The number of piperidine rings is 1. The summed E-state index contributed by atoms with van der Waals surface area (Å²) in [6.45, 7) is 1.10. The Labute approximate surface area is 176 Å². The standard InChI is InChI=1S/C20H20ClF2N5O2/c1-26-8-6-24-19(26)18(29)12-3-2-7-27(11-12)16-10-25-28(20(30)17(16)21)15-5-4-13(22)9-14(15)23/h4-6,8-10,12,18,29H,2-3,7,11H2,1H3. The van der Waals surface area contributed by atoms with Crippen molar-refractivity contribution in [3.05, 3.63) is 69.6 Å². The van der Waals surface area contributed by atoms with Gasteiger partial charge >= 0.3 is 0 Å². The lowest BCUT2D eigenvalue weighted by molar-refractivity contribution is 0.0875. The van der Waals surface area contributed by atoms with Crippen molar-refractivity contribution in [2.75, 3.05) is 18.0 Å². The topological polar surface area (TPSA) is 76.2 Å². The van der Waals surface area contributed by atoms with Crippen LogP contribution in [0.25, 0.3) is 5.69 Å². The highest BCUT2D eigenvalue weighted by Crippen LogP contribution is 2.33. The van der Waals surface area contributed by atoms with Crippen LogP contribution in [0.2, 0.25) is 5.02 Å². The molecule has 0 spiro atoms. The molecule has 0 bridgehead atoms. The monoisotopic (exact) mass is 435 g/mol. The molecule has 1 aliphatic heterocycles. The summed E-state index contributed by atoms with van der Waals surface area (Å²) in [4.78, 5) is 18.8. The van der Waals surface area contributed by atoms with Crippen LogP contribution in [0.4, 0.5) is 14.5 Å². The molecule has 10 heteroatoms. The van der Waals surface area contributed by atoms with Gasteiger partial charge < -0.3 is 14.6 Å². The van der Waals surface area contributed by atoms with Gasteiger partial charge in [-0.3, -0.25) is 4.79 Å². The number of aromatic nitrogens is 4. The molecule has 30 heavy (non-hydrogen) atoms. The summed E-state index contributed by atoms with van der Waals surface area (Å²) in [7, 11) is 1.82. The summed E-state index contributed by atoms with van der Waals surface area (Å²) in [6.07, 6.45) is 5.63. The first-order valence-electron chi connectivity index (χ1n) is 9.50. The van der Waals surface area contributed by atoms with E-state index in [-0.39, 0.29) is 16.6 Å². The number of hydrogen-bond acceptors (Lipinski definition) is 5. The Balaban J connectivity index is 1.62. The molecule has 1 saturated heterocycles. The van der Waals surface area contributed by atoms with Crippen molar-refractivity contribution in [3.63, 3.8) is 0 Å². The van der Waals surface area contributed by atoms with Crippen LogP contribution in [0, 0.1) is 17.6 Å². The Bertz CT molecular complexity index is 1130. The lowest BCUT2D eigenvalue weighted by Gasteiger charge is -2.36. The van der Waals surface area contributed by atoms with Crippen molar-refractivity contribution in [1.29, 1.82) is 0 Å². The summed E-state index contributed by atoms with van der Waals surface area (Å²) in [5, 5.41) is 14.7. The average Bonchev–Trinajstić information content (AvgIpc) is 3.16. The van der Waals surface area contributed by atoms with Gasteiger partial charge in [0, 0.05) is 44.5 Å². The van der Waals surface area contributed by atoms with Gasteiger partial charge in [-0.2, -0.15) is 9.78 Å². The number of anilines is 1. The summed E-state index contributed by atoms with van der Waals surface area (Å²) in [6, 6.07) is 2.86. The number of halogens is 3. The quantitative estimate of drug-likeness (QED) is 0.682. The summed E-state index contributed by atoms with van der Waals surface area (Å²) >= 11 is 6.33. The maximum Gasteiger partial charge on any atom is 0.292 e. The lowest BCUT2D eigenvalue weighted by atomic mass is 9.91. The number of imidazole rings is 1. The summed E-state index contributed by atoms with van der Waals surface area (Å²) in [5.74, 6) is -1.19. The van der Waals surface area contributed by atoms with Gasteiger partial charge in [0.15, 0.2) is 5.82 Å². The fourth-order valence-electron chi connectivity index (χ4n) is 3.83. The SMILES string of the molecule is Cn1ccnc1C(O)C1CCCN(c2cnn(-c3ccc(F)cc3F)c(=O)c2Cl)C1. The highest BCUT2D eigenvalue weighted by atomic mass is 35.5. The van der Waals surface area contributed by atoms with E-state index in [1.165, 1.54) is 6.20 Å². The van der Waals surface area contributed by atoms with Crippen LogP contribution in [-0.4, -0.2) is 37.5 Å². The molecule has 7 nitrogen and oxygen atoms in total. The van der Waals surface area contributed by atoms with Gasteiger partial charge in [0.2, 0.25) is 0 Å². The van der Waals surface area contributed by atoms with Gasteiger partial charge in [-0.1, -0.05) is 11.6 Å². The zero-order chi connectivity index (χ0) is 21.4. The van der Waals surface area contributed by atoms with Crippen molar-refractivity contribution in [3.8, 4) is 5.69 Å². The van der Waals surface area contributed by atoms with Gasteiger partial charge in [0.1, 0.15) is 28.5 Å². The van der Waals surface area contributed by atoms with E-state index in [0.717, 1.165) is 29.7 Å². The minimum atomic E-state index is -0.912. The Hall–Kier alpha value is -2.78. The molecule has 1 aliphatic rings. The van der Waals surface area contributed by atoms with E-state index in [1.54, 1.807) is 17.0 Å². The summed E-state index contributed by atoms with van der Waals surface area (Å²) < 4.78 is 29.8. The van der Waals surface area contributed by atoms with Gasteiger partial charge in [-0.25, -0.2) is 13.8 Å². The number of aliphatic hydroxyl groups is 1. The minimum absolute atomic E-state index is 0.104. The molecule has 1 N–H and O–H groups in total. The molecule has 1 aromatic carbocycles. The molecule has 0 amide bonds. The molecule has 0 radical (unpaired) electrons. The Morgan fingerprint density at radius 2 is 2.10 bits per heavy atom. The maximum absolute atomic E-state index is 14.1. The molecule has 0 saturated carbocycles. The number of rotatable bonds is 4. The number of nitrogens with zero attached hydrogens (tertiary/aromatic N) is 5. The number of hydrogen-bond donors (Lipinski definition) is 1. The molecule has 1 fully saturated rings. The number of aliphatic hydroxyl groups excluding tert-OH is 1. The second-order valence-corrected chi connectivity index (χ2v) is 7.72. The fourth-order valence-corrected chi connectivity index (χ4v) is 4.08. The Morgan fingerprint density at radius 3 is 2.80 bits per heavy atom. The van der Waals surface area contributed by atoms with E-state index in [4.69, 9.17) is 11.6 Å². The Morgan fingerprint density at radius 1 is 1.30 bits per heavy atom. The highest BCUT2D eigenvalue weighted by Gasteiger charge is 2.30. The van der Waals surface area contributed by atoms with E-state index >= 15 is 0 Å². The van der Waals surface area contributed by atoms with Crippen LogP contribution in [0.15, 0.2) is 41.6 Å². The largest absolute Gasteiger partial charge is 0.385 e. The summed E-state index contributed by atoms with van der Waals surface area (Å²) in [5.41, 5.74) is -0.472. The molecular weight excluding hydrogens is 416 g/mol. The third kappa shape index (κ3) is 3.70. The molecule has 4 rings (SSSR count). The first-order chi connectivity index (χ1) is 14.4. The van der Waals surface area contributed by atoms with Crippen LogP contribution in [0.3, 0.4) is 0 Å².